The largest absolute Gasteiger partial charge is 0.281 e. The molecule has 0 fully saturated rings. The molecule has 3 rings (SSSR count). The number of fused-ring (bicyclic) bond motifs is 1. The molecule has 0 atom stereocenters. The molecule has 0 bridgehead atoms. The molecule has 1 aliphatic rings. The molecule has 1 nitrogen and oxygen atoms in total. The molecular formula is C14H11N. The fourth-order valence-electron chi connectivity index (χ4n) is 1.91. The van der Waals surface area contributed by atoms with Gasteiger partial charge in [-0.25, -0.2) is 0 Å². The Morgan fingerprint density at radius 3 is 2.60 bits per heavy atom. The maximum Gasteiger partial charge on any atom is 0.0654 e. The van der Waals surface area contributed by atoms with Gasteiger partial charge in [-0.15, -0.1) is 0 Å². The summed E-state index contributed by atoms with van der Waals surface area (Å²) in [5.41, 5.74) is 2.50. The van der Waals surface area contributed by atoms with Crippen LogP contribution >= 0.6 is 0 Å². The van der Waals surface area contributed by atoms with Gasteiger partial charge in [0.15, 0.2) is 0 Å². The van der Waals surface area contributed by atoms with Gasteiger partial charge in [-0.3, -0.25) is 4.99 Å². The summed E-state index contributed by atoms with van der Waals surface area (Å²) in [5, 5.41) is 2.38. The number of nitrogens with zero attached hydrogens (tertiary/aromatic N) is 1. The lowest BCUT2D eigenvalue weighted by atomic mass is 10.1. The Balaban J connectivity index is 2.20. The normalized spacial score (nSPS) is 12.8. The molecular weight excluding hydrogens is 182 g/mol. The van der Waals surface area contributed by atoms with E-state index in [1.54, 1.807) is 0 Å². The van der Waals surface area contributed by atoms with Crippen LogP contribution in [0.2, 0.25) is 0 Å². The molecule has 1 aliphatic heterocycles. The van der Waals surface area contributed by atoms with Crippen LogP contribution in [0.3, 0.4) is 0 Å². The van der Waals surface area contributed by atoms with Gasteiger partial charge in [0.2, 0.25) is 0 Å². The molecule has 0 aliphatic carbocycles. The summed E-state index contributed by atoms with van der Waals surface area (Å²) in [4.78, 5) is 4.43. The van der Waals surface area contributed by atoms with E-state index in [4.69, 9.17) is 0 Å². The minimum atomic E-state index is 0.827. The van der Waals surface area contributed by atoms with Crippen LogP contribution in [0.15, 0.2) is 53.5 Å². The maximum atomic E-state index is 4.43. The third-order valence-electron chi connectivity index (χ3n) is 2.71. The first-order valence-electron chi connectivity index (χ1n) is 5.14. The summed E-state index contributed by atoms with van der Waals surface area (Å²) in [7, 11) is 0. The molecule has 0 amide bonds. The molecule has 0 saturated heterocycles. The Labute approximate surface area is 88.4 Å². The van der Waals surface area contributed by atoms with Crippen molar-refractivity contribution in [1.29, 1.82) is 0 Å². The Hall–Kier alpha value is -1.89. The summed E-state index contributed by atoms with van der Waals surface area (Å²) >= 11 is 0. The first-order chi connectivity index (χ1) is 7.43. The zero-order valence-electron chi connectivity index (χ0n) is 8.35. The Morgan fingerprint density at radius 2 is 1.73 bits per heavy atom. The fraction of sp³-hybridized carbons (Fsp3) is 0.0714. The SMILES string of the molecule is C1=c2ccc(-c3ccccc3)cc2=NC1. The van der Waals surface area contributed by atoms with Crippen LogP contribution in [0.5, 0.6) is 0 Å². The van der Waals surface area contributed by atoms with Crippen LogP contribution < -0.4 is 10.6 Å². The van der Waals surface area contributed by atoms with Crippen molar-refractivity contribution in [1.82, 2.24) is 0 Å². The van der Waals surface area contributed by atoms with Gasteiger partial charge in [0.25, 0.3) is 0 Å². The highest BCUT2D eigenvalue weighted by Crippen LogP contribution is 2.15. The summed E-state index contributed by atoms with van der Waals surface area (Å²) < 4.78 is 0. The molecule has 0 spiro atoms. The van der Waals surface area contributed by atoms with Gasteiger partial charge in [0, 0.05) is 0 Å². The zero-order chi connectivity index (χ0) is 10.1. The summed E-state index contributed by atoms with van der Waals surface area (Å²) in [5.74, 6) is 0. The second-order valence-corrected chi connectivity index (χ2v) is 3.68. The Kier molecular flexibility index (Phi) is 1.88. The van der Waals surface area contributed by atoms with E-state index < -0.39 is 0 Å². The van der Waals surface area contributed by atoms with E-state index in [-0.39, 0.29) is 0 Å². The lowest BCUT2D eigenvalue weighted by Gasteiger charge is -1.99. The molecule has 0 N–H and O–H groups in total. The minimum Gasteiger partial charge on any atom is -0.281 e. The average Bonchev–Trinajstić information content (AvgIpc) is 2.77. The molecule has 2 aromatic carbocycles. The van der Waals surface area contributed by atoms with Crippen LogP contribution in [0.4, 0.5) is 0 Å². The molecule has 0 radical (unpaired) electrons. The van der Waals surface area contributed by atoms with Gasteiger partial charge in [0.1, 0.15) is 0 Å². The second kappa shape index (κ2) is 3.35. The van der Waals surface area contributed by atoms with Gasteiger partial charge in [0.05, 0.1) is 11.9 Å². The molecule has 0 aromatic heterocycles. The van der Waals surface area contributed by atoms with E-state index >= 15 is 0 Å². The lowest BCUT2D eigenvalue weighted by molar-refractivity contribution is 1.22. The van der Waals surface area contributed by atoms with E-state index in [9.17, 15) is 0 Å². The standard InChI is InChI=1S/C14H11N/c1-2-4-11(5-3-1)13-7-6-12-8-9-15-14(12)10-13/h1-8,10H,9H2. The van der Waals surface area contributed by atoms with Gasteiger partial charge >= 0.3 is 0 Å². The number of rotatable bonds is 1. The topological polar surface area (TPSA) is 12.4 Å². The van der Waals surface area contributed by atoms with E-state index in [1.807, 2.05) is 6.07 Å². The van der Waals surface area contributed by atoms with Gasteiger partial charge in [-0.2, -0.15) is 0 Å². The summed E-state index contributed by atoms with van der Waals surface area (Å²) in [6, 6.07) is 16.9. The van der Waals surface area contributed by atoms with Crippen LogP contribution in [-0.2, 0) is 0 Å². The highest BCUT2D eigenvalue weighted by atomic mass is 14.7. The van der Waals surface area contributed by atoms with Gasteiger partial charge in [-0.1, -0.05) is 48.5 Å². The van der Waals surface area contributed by atoms with Crippen molar-refractivity contribution in [3.63, 3.8) is 0 Å². The Morgan fingerprint density at radius 1 is 0.867 bits per heavy atom. The quantitative estimate of drug-likeness (QED) is 0.654. The smallest absolute Gasteiger partial charge is 0.0654 e. The van der Waals surface area contributed by atoms with E-state index in [1.165, 1.54) is 16.3 Å². The Bertz CT molecular complexity index is 597. The van der Waals surface area contributed by atoms with Crippen molar-refractivity contribution >= 4 is 6.08 Å². The van der Waals surface area contributed by atoms with Crippen LogP contribution in [-0.4, -0.2) is 6.54 Å². The van der Waals surface area contributed by atoms with Crippen molar-refractivity contribution < 1.29 is 0 Å². The molecule has 1 heteroatoms. The number of hydrogen-bond acceptors (Lipinski definition) is 1. The van der Waals surface area contributed by atoms with Crippen LogP contribution in [0, 0.1) is 0 Å². The van der Waals surface area contributed by atoms with E-state index in [2.05, 4.69) is 53.5 Å². The van der Waals surface area contributed by atoms with E-state index in [0.29, 0.717) is 0 Å². The summed E-state index contributed by atoms with van der Waals surface area (Å²) in [6.07, 6.45) is 2.16. The number of benzene rings is 2. The van der Waals surface area contributed by atoms with Gasteiger partial charge in [-0.05, 0) is 22.4 Å². The second-order valence-electron chi connectivity index (χ2n) is 3.68. The lowest BCUT2D eigenvalue weighted by Crippen LogP contribution is -2.20. The van der Waals surface area contributed by atoms with Crippen molar-refractivity contribution in [2.75, 3.05) is 6.54 Å². The predicted molar refractivity (Wildman–Crippen MR) is 62.0 cm³/mol. The zero-order valence-corrected chi connectivity index (χ0v) is 8.35. The minimum absolute atomic E-state index is 0.827. The molecule has 72 valence electrons. The molecule has 0 unspecified atom stereocenters. The van der Waals surface area contributed by atoms with Crippen LogP contribution in [0.1, 0.15) is 0 Å². The van der Waals surface area contributed by atoms with Crippen LogP contribution in [0.25, 0.3) is 17.2 Å². The first-order valence-corrected chi connectivity index (χ1v) is 5.14. The van der Waals surface area contributed by atoms with E-state index in [0.717, 1.165) is 11.9 Å². The monoisotopic (exact) mass is 193 g/mol. The van der Waals surface area contributed by atoms with Crippen molar-refractivity contribution in [3.05, 3.63) is 59.1 Å². The predicted octanol–water partition coefficient (Wildman–Crippen LogP) is 1.77. The van der Waals surface area contributed by atoms with Crippen molar-refractivity contribution in [3.8, 4) is 11.1 Å². The van der Waals surface area contributed by atoms with Crippen molar-refractivity contribution in [2.45, 2.75) is 0 Å². The maximum absolute atomic E-state index is 4.43. The third-order valence-corrected chi connectivity index (χ3v) is 2.71. The molecule has 2 aromatic rings. The summed E-state index contributed by atoms with van der Waals surface area (Å²) in [6.45, 7) is 0.827. The first kappa shape index (κ1) is 8.42. The average molecular weight is 193 g/mol. The van der Waals surface area contributed by atoms with Gasteiger partial charge < -0.3 is 0 Å². The fourth-order valence-corrected chi connectivity index (χ4v) is 1.91. The molecule has 1 heterocycles. The van der Waals surface area contributed by atoms with Crippen molar-refractivity contribution in [2.24, 2.45) is 4.99 Å². The highest BCUT2D eigenvalue weighted by molar-refractivity contribution is 5.63. The third kappa shape index (κ3) is 1.46. The molecule has 0 saturated carbocycles. The number of hydrogen-bond donors (Lipinski definition) is 0. The molecule has 15 heavy (non-hydrogen) atoms. The highest BCUT2D eigenvalue weighted by Gasteiger charge is 1.99.